The van der Waals surface area contributed by atoms with Gasteiger partial charge in [-0.1, -0.05) is 35.9 Å². The van der Waals surface area contributed by atoms with E-state index in [0.29, 0.717) is 33.5 Å². The maximum atomic E-state index is 12.8. The topological polar surface area (TPSA) is 114 Å². The molecule has 39 heavy (non-hydrogen) atoms. The number of amides is 4. The highest BCUT2D eigenvalue weighted by molar-refractivity contribution is 8.18. The van der Waals surface area contributed by atoms with E-state index in [1.54, 1.807) is 48.5 Å². The van der Waals surface area contributed by atoms with Crippen molar-refractivity contribution in [3.63, 3.8) is 0 Å². The first-order chi connectivity index (χ1) is 18.7. The Labute approximate surface area is 234 Å². The molecule has 0 saturated carbocycles. The number of ether oxygens (including phenoxy) is 2. The van der Waals surface area contributed by atoms with Gasteiger partial charge in [0, 0.05) is 16.4 Å². The molecule has 1 saturated heterocycles. The lowest BCUT2D eigenvalue weighted by molar-refractivity contribution is -0.127. The van der Waals surface area contributed by atoms with Crippen LogP contribution < -0.4 is 20.1 Å². The summed E-state index contributed by atoms with van der Waals surface area (Å²) in [6.45, 7) is 1.26. The smallest absolute Gasteiger partial charge is 0.294 e. The van der Waals surface area contributed by atoms with Crippen LogP contribution in [0.4, 0.5) is 16.2 Å². The van der Waals surface area contributed by atoms with E-state index in [0.717, 1.165) is 22.2 Å². The fourth-order valence-corrected chi connectivity index (χ4v) is 4.68. The number of rotatable bonds is 9. The Morgan fingerprint density at radius 1 is 0.949 bits per heavy atom. The Morgan fingerprint density at radius 2 is 1.67 bits per heavy atom. The molecule has 1 aliphatic heterocycles. The second-order valence-corrected chi connectivity index (χ2v) is 9.87. The monoisotopic (exact) mass is 565 g/mol. The molecule has 4 amide bonds. The predicted molar refractivity (Wildman–Crippen MR) is 151 cm³/mol. The molecule has 200 valence electrons. The first kappa shape index (κ1) is 27.7. The van der Waals surface area contributed by atoms with Crippen molar-refractivity contribution in [2.75, 3.05) is 30.9 Å². The number of carbonyl (C=O) groups excluding carboxylic acids is 4. The highest BCUT2D eigenvalue weighted by Gasteiger charge is 2.36. The molecule has 3 aromatic carbocycles. The van der Waals surface area contributed by atoms with E-state index in [2.05, 4.69) is 10.6 Å². The zero-order valence-corrected chi connectivity index (χ0v) is 22.6. The zero-order chi connectivity index (χ0) is 27.9. The highest BCUT2D eigenvalue weighted by Crippen LogP contribution is 2.34. The number of benzene rings is 3. The van der Waals surface area contributed by atoms with Crippen molar-refractivity contribution in [3.8, 4) is 11.5 Å². The molecular formula is C28H24ClN3O6S. The van der Waals surface area contributed by atoms with Crippen LogP contribution in [0.5, 0.6) is 11.5 Å². The molecule has 2 N–H and O–H groups in total. The maximum Gasteiger partial charge on any atom is 0.294 e. The number of carbonyl (C=O) groups is 4. The fraction of sp³-hybridized carbons (Fsp3) is 0.143. The van der Waals surface area contributed by atoms with Crippen molar-refractivity contribution in [3.05, 3.63) is 87.8 Å². The number of halogens is 1. The molecule has 0 aromatic heterocycles. The Balaban J connectivity index is 1.38. The maximum absolute atomic E-state index is 12.8. The quantitative estimate of drug-likeness (QED) is 0.336. The van der Waals surface area contributed by atoms with E-state index in [1.165, 1.54) is 13.2 Å². The molecule has 1 fully saturated rings. The molecule has 1 aliphatic rings. The van der Waals surface area contributed by atoms with E-state index >= 15 is 0 Å². The predicted octanol–water partition coefficient (Wildman–Crippen LogP) is 5.35. The molecule has 0 radical (unpaired) electrons. The summed E-state index contributed by atoms with van der Waals surface area (Å²) in [5, 5.41) is 5.27. The normalized spacial score (nSPS) is 13.9. The minimum atomic E-state index is -0.585. The molecule has 0 spiro atoms. The highest BCUT2D eigenvalue weighted by atomic mass is 35.5. The van der Waals surface area contributed by atoms with Gasteiger partial charge in [0.25, 0.3) is 17.1 Å². The molecule has 0 unspecified atom stereocenters. The van der Waals surface area contributed by atoms with Crippen molar-refractivity contribution in [1.82, 2.24) is 4.90 Å². The second-order valence-electron chi connectivity index (χ2n) is 8.44. The van der Waals surface area contributed by atoms with Crippen LogP contribution in [-0.2, 0) is 14.4 Å². The summed E-state index contributed by atoms with van der Waals surface area (Å²) in [4.78, 5) is 51.0. The Kier molecular flexibility index (Phi) is 8.90. The van der Waals surface area contributed by atoms with Gasteiger partial charge in [-0.15, -0.1) is 0 Å². The number of anilines is 2. The van der Waals surface area contributed by atoms with Crippen LogP contribution in [-0.4, -0.2) is 48.1 Å². The van der Waals surface area contributed by atoms with Crippen molar-refractivity contribution in [2.24, 2.45) is 0 Å². The average Bonchev–Trinajstić information content (AvgIpc) is 3.15. The number of aryl methyl sites for hydroxylation is 1. The summed E-state index contributed by atoms with van der Waals surface area (Å²) in [6.07, 6.45) is 1.52. The van der Waals surface area contributed by atoms with Gasteiger partial charge in [0.05, 0.1) is 12.0 Å². The van der Waals surface area contributed by atoms with Gasteiger partial charge >= 0.3 is 0 Å². The second kappa shape index (κ2) is 12.5. The van der Waals surface area contributed by atoms with E-state index in [-0.39, 0.29) is 17.4 Å². The summed E-state index contributed by atoms with van der Waals surface area (Å²) in [5.74, 6) is -0.777. The molecule has 4 rings (SSSR count). The number of hydrogen-bond donors (Lipinski definition) is 2. The van der Waals surface area contributed by atoms with Gasteiger partial charge in [-0.25, -0.2) is 0 Å². The van der Waals surface area contributed by atoms with E-state index in [1.807, 2.05) is 25.1 Å². The summed E-state index contributed by atoms with van der Waals surface area (Å²) in [5.41, 5.74) is 2.71. The summed E-state index contributed by atoms with van der Waals surface area (Å²) in [6, 6.07) is 18.8. The molecule has 3 aromatic rings. The van der Waals surface area contributed by atoms with Crippen molar-refractivity contribution in [1.29, 1.82) is 0 Å². The summed E-state index contributed by atoms with van der Waals surface area (Å²) < 4.78 is 11.0. The Hall–Kier alpha value is -4.28. The van der Waals surface area contributed by atoms with Crippen LogP contribution >= 0.6 is 23.4 Å². The molecule has 1 heterocycles. The van der Waals surface area contributed by atoms with Crippen LogP contribution in [0.2, 0.25) is 5.02 Å². The first-order valence-corrected chi connectivity index (χ1v) is 12.9. The van der Waals surface area contributed by atoms with E-state index < -0.39 is 23.6 Å². The van der Waals surface area contributed by atoms with E-state index in [9.17, 15) is 19.2 Å². The van der Waals surface area contributed by atoms with Gasteiger partial charge in [-0.3, -0.25) is 24.1 Å². The van der Waals surface area contributed by atoms with Gasteiger partial charge in [-0.2, -0.15) is 0 Å². The van der Waals surface area contributed by atoms with Crippen molar-refractivity contribution >= 4 is 63.8 Å². The largest absolute Gasteiger partial charge is 0.493 e. The average molecular weight is 566 g/mol. The lowest BCUT2D eigenvalue weighted by Crippen LogP contribution is -2.36. The number of methoxy groups -OCH3 is 1. The molecule has 0 bridgehead atoms. The molecule has 0 aliphatic carbocycles. The van der Waals surface area contributed by atoms with Crippen LogP contribution in [0.3, 0.4) is 0 Å². The summed E-state index contributed by atoms with van der Waals surface area (Å²) in [7, 11) is 1.45. The van der Waals surface area contributed by atoms with Gasteiger partial charge < -0.3 is 20.1 Å². The third kappa shape index (κ3) is 7.40. The fourth-order valence-electron chi connectivity index (χ4n) is 3.65. The van der Waals surface area contributed by atoms with Crippen molar-refractivity contribution in [2.45, 2.75) is 6.92 Å². The zero-order valence-electron chi connectivity index (χ0n) is 21.0. The lowest BCUT2D eigenvalue weighted by Gasteiger charge is -2.13. The Morgan fingerprint density at radius 3 is 2.38 bits per heavy atom. The van der Waals surface area contributed by atoms with Crippen LogP contribution in [0.1, 0.15) is 11.1 Å². The lowest BCUT2D eigenvalue weighted by atomic mass is 10.2. The number of hydrogen-bond acceptors (Lipinski definition) is 7. The van der Waals surface area contributed by atoms with Gasteiger partial charge in [0.1, 0.15) is 6.54 Å². The van der Waals surface area contributed by atoms with Crippen LogP contribution in [0.15, 0.2) is 71.6 Å². The van der Waals surface area contributed by atoms with Gasteiger partial charge in [0.15, 0.2) is 18.1 Å². The first-order valence-electron chi connectivity index (χ1n) is 11.7. The van der Waals surface area contributed by atoms with Crippen molar-refractivity contribution < 1.29 is 28.7 Å². The molecule has 0 atom stereocenters. The third-order valence-electron chi connectivity index (χ3n) is 5.43. The van der Waals surface area contributed by atoms with Gasteiger partial charge in [0.2, 0.25) is 5.91 Å². The van der Waals surface area contributed by atoms with E-state index in [4.69, 9.17) is 21.1 Å². The van der Waals surface area contributed by atoms with Gasteiger partial charge in [-0.05, 0) is 78.4 Å². The molecule has 9 nitrogen and oxygen atoms in total. The minimum Gasteiger partial charge on any atom is -0.493 e. The van der Waals surface area contributed by atoms with Crippen LogP contribution in [0.25, 0.3) is 6.08 Å². The summed E-state index contributed by atoms with van der Waals surface area (Å²) >= 11 is 6.66. The minimum absolute atomic E-state index is 0.156. The number of imide groups is 1. The number of thioether (sulfide) groups is 1. The number of nitrogens with zero attached hydrogens (tertiary/aromatic N) is 1. The standard InChI is InChI=1S/C28H24ClN3O6S/c1-17-5-3-7-20(11-17)31-26(34)16-38-22-10-9-18(12-23(22)37-2)13-24-27(35)32(28(36)39-24)15-25(33)30-21-8-4-6-19(29)14-21/h3-14H,15-16H2,1-2H3,(H,30,33)(H,31,34)/b24-13+. The van der Waals surface area contributed by atoms with Crippen LogP contribution in [0, 0.1) is 6.92 Å². The molecule has 11 heteroatoms. The number of nitrogens with one attached hydrogen (secondary N) is 2. The molecular weight excluding hydrogens is 542 g/mol. The SMILES string of the molecule is COc1cc(/C=C2/SC(=O)N(CC(=O)Nc3cccc(Cl)c3)C2=O)ccc1OCC(=O)Nc1cccc(C)c1. The Bertz CT molecular complexity index is 1480. The third-order valence-corrected chi connectivity index (χ3v) is 6.57.